The molecule has 2 aromatic carbocycles. The summed E-state index contributed by atoms with van der Waals surface area (Å²) in [6, 6.07) is 13.0. The van der Waals surface area contributed by atoms with Crippen LogP contribution in [0.15, 0.2) is 53.6 Å². The highest BCUT2D eigenvalue weighted by Crippen LogP contribution is 2.21. The summed E-state index contributed by atoms with van der Waals surface area (Å²) >= 11 is 5.93. The van der Waals surface area contributed by atoms with Crippen LogP contribution in [0.1, 0.15) is 5.56 Å². The highest BCUT2D eigenvalue weighted by Gasteiger charge is 2.21. The number of hydrogen-bond acceptors (Lipinski definition) is 7. The highest BCUT2D eigenvalue weighted by atomic mass is 35.5. The topological polar surface area (TPSA) is 118 Å². The number of anilines is 1. The molecular formula is C22H25ClN4O6S. The van der Waals surface area contributed by atoms with E-state index in [9.17, 15) is 18.0 Å². The lowest BCUT2D eigenvalue weighted by atomic mass is 10.2. The Kier molecular flexibility index (Phi) is 8.85. The number of benzene rings is 2. The molecule has 0 unspecified atom stereocenters. The van der Waals surface area contributed by atoms with E-state index >= 15 is 0 Å². The smallest absolute Gasteiger partial charge is 0.260 e. The Hall–Kier alpha value is -3.15. The maximum Gasteiger partial charge on any atom is 0.260 e. The van der Waals surface area contributed by atoms with Crippen molar-refractivity contribution in [3.63, 3.8) is 0 Å². The van der Waals surface area contributed by atoms with Crippen LogP contribution in [0.5, 0.6) is 5.75 Å². The molecule has 3 rings (SSSR count). The molecule has 0 spiro atoms. The van der Waals surface area contributed by atoms with Gasteiger partial charge in [0.05, 0.1) is 31.4 Å². The number of hydrazone groups is 1. The Morgan fingerprint density at radius 2 is 1.91 bits per heavy atom. The Balaban J connectivity index is 1.50. The molecule has 34 heavy (non-hydrogen) atoms. The van der Waals surface area contributed by atoms with Gasteiger partial charge >= 0.3 is 0 Å². The van der Waals surface area contributed by atoms with Crippen molar-refractivity contribution in [2.45, 2.75) is 0 Å². The molecular weight excluding hydrogens is 484 g/mol. The van der Waals surface area contributed by atoms with Gasteiger partial charge in [0.2, 0.25) is 10.0 Å². The number of nitrogens with one attached hydrogen (secondary N) is 1. The zero-order valence-electron chi connectivity index (χ0n) is 18.5. The van der Waals surface area contributed by atoms with Crippen LogP contribution in [0.2, 0.25) is 5.02 Å². The summed E-state index contributed by atoms with van der Waals surface area (Å²) in [6.45, 7) is 1.66. The molecule has 1 N–H and O–H groups in total. The Morgan fingerprint density at radius 3 is 2.56 bits per heavy atom. The van der Waals surface area contributed by atoms with E-state index < -0.39 is 22.5 Å². The zero-order chi connectivity index (χ0) is 24.6. The van der Waals surface area contributed by atoms with Gasteiger partial charge in [-0.1, -0.05) is 17.7 Å². The van der Waals surface area contributed by atoms with Gasteiger partial charge in [-0.15, -0.1) is 0 Å². The largest absolute Gasteiger partial charge is 0.484 e. The summed E-state index contributed by atoms with van der Waals surface area (Å²) in [5, 5.41) is 4.22. The third kappa shape index (κ3) is 7.72. The summed E-state index contributed by atoms with van der Waals surface area (Å²) in [6.07, 6.45) is 2.41. The number of nitrogens with zero attached hydrogens (tertiary/aromatic N) is 3. The number of ether oxygens (including phenoxy) is 2. The average molecular weight is 509 g/mol. The molecule has 1 aliphatic rings. The Morgan fingerprint density at radius 1 is 1.21 bits per heavy atom. The molecule has 0 saturated carbocycles. The molecule has 1 aliphatic heterocycles. The van der Waals surface area contributed by atoms with E-state index in [1.54, 1.807) is 47.4 Å². The van der Waals surface area contributed by atoms with Gasteiger partial charge in [-0.05, 0) is 48.0 Å². The second-order valence-electron chi connectivity index (χ2n) is 7.39. The van der Waals surface area contributed by atoms with E-state index in [0.717, 1.165) is 10.6 Å². The first-order chi connectivity index (χ1) is 16.2. The molecule has 0 radical (unpaired) electrons. The first-order valence-electron chi connectivity index (χ1n) is 10.4. The summed E-state index contributed by atoms with van der Waals surface area (Å²) in [5.41, 5.74) is 3.25. The van der Waals surface area contributed by atoms with Gasteiger partial charge < -0.3 is 14.4 Å². The van der Waals surface area contributed by atoms with E-state index in [2.05, 4.69) is 10.5 Å². The van der Waals surface area contributed by atoms with Gasteiger partial charge in [0.15, 0.2) is 6.61 Å². The van der Waals surface area contributed by atoms with Crippen LogP contribution in [0.25, 0.3) is 0 Å². The molecule has 2 aromatic rings. The molecule has 12 heteroatoms. The quantitative estimate of drug-likeness (QED) is 0.405. The number of sulfonamides is 1. The fraction of sp³-hybridized carbons (Fsp3) is 0.318. The maximum atomic E-state index is 12.3. The number of rotatable bonds is 9. The fourth-order valence-corrected chi connectivity index (χ4v) is 4.11. The molecule has 2 amide bonds. The Labute approximate surface area is 203 Å². The minimum Gasteiger partial charge on any atom is -0.484 e. The SMILES string of the molecule is CS(=O)(=O)N(CC(=O)N/N=C\c1ccc(OCC(=O)N2CCOCC2)cc1)c1cccc(Cl)c1. The van der Waals surface area contributed by atoms with E-state index in [1.165, 1.54) is 12.3 Å². The maximum absolute atomic E-state index is 12.3. The van der Waals surface area contributed by atoms with Crippen molar-refractivity contribution in [2.75, 3.05) is 50.0 Å². The van der Waals surface area contributed by atoms with Crippen molar-refractivity contribution in [3.8, 4) is 5.75 Å². The second-order valence-corrected chi connectivity index (χ2v) is 9.74. The van der Waals surface area contributed by atoms with Gasteiger partial charge in [-0.25, -0.2) is 13.8 Å². The molecule has 1 saturated heterocycles. The zero-order valence-corrected chi connectivity index (χ0v) is 20.1. The second kappa shape index (κ2) is 11.8. The van der Waals surface area contributed by atoms with Crippen LogP contribution in [-0.2, 0) is 24.3 Å². The van der Waals surface area contributed by atoms with Crippen LogP contribution < -0.4 is 14.5 Å². The molecule has 0 bridgehead atoms. The average Bonchev–Trinajstić information content (AvgIpc) is 2.81. The highest BCUT2D eigenvalue weighted by molar-refractivity contribution is 7.92. The van der Waals surface area contributed by atoms with Crippen LogP contribution in [0.4, 0.5) is 5.69 Å². The third-order valence-corrected chi connectivity index (χ3v) is 6.17. The van der Waals surface area contributed by atoms with Crippen molar-refractivity contribution >= 4 is 45.3 Å². The van der Waals surface area contributed by atoms with Crippen LogP contribution >= 0.6 is 11.6 Å². The monoisotopic (exact) mass is 508 g/mol. The first-order valence-corrected chi connectivity index (χ1v) is 12.6. The van der Waals surface area contributed by atoms with E-state index in [4.69, 9.17) is 21.1 Å². The molecule has 1 heterocycles. The number of amides is 2. The third-order valence-electron chi connectivity index (χ3n) is 4.79. The predicted octanol–water partition coefficient (Wildman–Crippen LogP) is 1.49. The van der Waals surface area contributed by atoms with Crippen LogP contribution in [0, 0.1) is 0 Å². The van der Waals surface area contributed by atoms with Gasteiger partial charge in [-0.2, -0.15) is 5.10 Å². The Bertz CT molecular complexity index is 1130. The van der Waals surface area contributed by atoms with Crippen molar-refractivity contribution in [3.05, 3.63) is 59.1 Å². The summed E-state index contributed by atoms with van der Waals surface area (Å²) < 4.78 is 35.9. The van der Waals surface area contributed by atoms with E-state index in [0.29, 0.717) is 42.6 Å². The minimum atomic E-state index is -3.72. The van der Waals surface area contributed by atoms with Crippen molar-refractivity contribution in [1.29, 1.82) is 0 Å². The number of carbonyl (C=O) groups is 2. The molecule has 0 atom stereocenters. The summed E-state index contributed by atoms with van der Waals surface area (Å²) in [5.74, 6) is -0.200. The molecule has 1 fully saturated rings. The van der Waals surface area contributed by atoms with Gasteiger partial charge in [0, 0.05) is 18.1 Å². The van der Waals surface area contributed by atoms with Crippen molar-refractivity contribution < 1.29 is 27.5 Å². The summed E-state index contributed by atoms with van der Waals surface area (Å²) in [7, 11) is -3.72. The first kappa shape index (κ1) is 25.5. The molecule has 0 aromatic heterocycles. The van der Waals surface area contributed by atoms with Gasteiger partial charge in [-0.3, -0.25) is 13.9 Å². The van der Waals surface area contributed by atoms with Gasteiger partial charge in [0.25, 0.3) is 11.8 Å². The lowest BCUT2D eigenvalue weighted by molar-refractivity contribution is -0.137. The van der Waals surface area contributed by atoms with Crippen LogP contribution in [-0.4, -0.2) is 77.1 Å². The number of carbonyl (C=O) groups excluding carboxylic acids is 2. The lowest BCUT2D eigenvalue weighted by Crippen LogP contribution is -2.42. The van der Waals surface area contributed by atoms with E-state index in [1.807, 2.05) is 0 Å². The van der Waals surface area contributed by atoms with Crippen molar-refractivity contribution in [2.24, 2.45) is 5.10 Å². The number of halogens is 1. The van der Waals surface area contributed by atoms with Gasteiger partial charge in [0.1, 0.15) is 12.3 Å². The summed E-state index contributed by atoms with van der Waals surface area (Å²) in [4.78, 5) is 26.1. The number of morpholine rings is 1. The van der Waals surface area contributed by atoms with Crippen LogP contribution in [0.3, 0.4) is 0 Å². The lowest BCUT2D eigenvalue weighted by Gasteiger charge is -2.26. The van der Waals surface area contributed by atoms with E-state index in [-0.39, 0.29) is 18.2 Å². The number of hydrogen-bond donors (Lipinski definition) is 1. The molecule has 10 nitrogen and oxygen atoms in total. The predicted molar refractivity (Wildman–Crippen MR) is 129 cm³/mol. The minimum absolute atomic E-state index is 0.0625. The van der Waals surface area contributed by atoms with Crippen molar-refractivity contribution in [1.82, 2.24) is 10.3 Å². The molecule has 182 valence electrons. The standard InChI is InChI=1S/C22H25ClN4O6S/c1-34(30,31)27(19-4-2-3-18(23)13-19)15-21(28)25-24-14-17-5-7-20(8-6-17)33-16-22(29)26-9-11-32-12-10-26/h2-8,13-14H,9-12,15-16H2,1H3,(H,25,28)/b24-14-. The molecule has 0 aliphatic carbocycles. The fourth-order valence-electron chi connectivity index (χ4n) is 3.08. The normalized spacial score (nSPS) is 14.1.